The highest BCUT2D eigenvalue weighted by molar-refractivity contribution is 5.53. The summed E-state index contributed by atoms with van der Waals surface area (Å²) in [7, 11) is 1.61. The van der Waals surface area contributed by atoms with Crippen molar-refractivity contribution in [3.8, 4) is 11.9 Å². The maximum absolute atomic E-state index is 9.85. The molecule has 5 fully saturated rings. The van der Waals surface area contributed by atoms with E-state index in [2.05, 4.69) is 37.0 Å². The number of hydrogen-bond donors (Lipinski definition) is 4. The van der Waals surface area contributed by atoms with Crippen molar-refractivity contribution < 1.29 is 9.84 Å². The van der Waals surface area contributed by atoms with Gasteiger partial charge in [-0.25, -0.2) is 9.97 Å². The Morgan fingerprint density at radius 1 is 1.10 bits per heavy atom. The van der Waals surface area contributed by atoms with Crippen LogP contribution in [0.4, 0.5) is 11.8 Å². The largest absolute Gasteiger partial charge is 0.481 e. The van der Waals surface area contributed by atoms with Crippen LogP contribution in [0.15, 0.2) is 24.5 Å². The molecule has 4 bridgehead atoms. The van der Waals surface area contributed by atoms with Crippen molar-refractivity contribution in [2.45, 2.75) is 76.5 Å². The summed E-state index contributed by atoms with van der Waals surface area (Å²) in [4.78, 5) is 13.3. The lowest BCUT2D eigenvalue weighted by molar-refractivity contribution is -0.0704. The van der Waals surface area contributed by atoms with Gasteiger partial charge in [0, 0.05) is 30.9 Å². The number of hydrogen-bond acceptors (Lipinski definition) is 9. The number of pyridine rings is 1. The number of aliphatic hydroxyl groups excluding tert-OH is 1. The summed E-state index contributed by atoms with van der Waals surface area (Å²) in [5, 5.41) is 30.4. The maximum Gasteiger partial charge on any atom is 0.224 e. The first-order valence-corrected chi connectivity index (χ1v) is 14.7. The van der Waals surface area contributed by atoms with E-state index in [9.17, 15) is 10.4 Å². The average molecular weight is 532 g/mol. The highest BCUT2D eigenvalue weighted by Crippen LogP contribution is 2.60. The molecule has 39 heavy (non-hydrogen) atoms. The first kappa shape index (κ1) is 26.3. The zero-order chi connectivity index (χ0) is 26.8. The van der Waals surface area contributed by atoms with E-state index in [0.29, 0.717) is 41.7 Å². The molecule has 0 amide bonds. The fourth-order valence-electron chi connectivity index (χ4n) is 8.27. The minimum Gasteiger partial charge on any atom is -0.481 e. The second kappa shape index (κ2) is 11.3. The van der Waals surface area contributed by atoms with Crippen molar-refractivity contribution in [3.05, 3.63) is 35.7 Å². The van der Waals surface area contributed by atoms with E-state index in [1.165, 1.54) is 32.1 Å². The fraction of sp³-hybridized carbons (Fsp3) is 0.667. The summed E-state index contributed by atoms with van der Waals surface area (Å²) in [6.45, 7) is 2.44. The predicted molar refractivity (Wildman–Crippen MR) is 149 cm³/mol. The molecule has 208 valence electrons. The Morgan fingerprint density at radius 3 is 2.64 bits per heavy atom. The number of aliphatic hydroxyl groups is 1. The summed E-state index contributed by atoms with van der Waals surface area (Å²) in [6.07, 6.45) is 13.9. The molecular formula is C30H41N7O2. The number of ether oxygens (including phenoxy) is 1. The monoisotopic (exact) mass is 531 g/mol. The van der Waals surface area contributed by atoms with Crippen LogP contribution in [0.25, 0.3) is 0 Å². The molecule has 9 heteroatoms. The van der Waals surface area contributed by atoms with Gasteiger partial charge in [0.15, 0.2) is 0 Å². The molecule has 7 rings (SSSR count). The van der Waals surface area contributed by atoms with E-state index < -0.39 is 0 Å². The number of rotatable bonds is 10. The van der Waals surface area contributed by atoms with Crippen LogP contribution in [0.5, 0.6) is 5.88 Å². The highest BCUT2D eigenvalue weighted by Gasteiger charge is 2.55. The van der Waals surface area contributed by atoms with E-state index in [1.807, 2.05) is 12.1 Å². The third-order valence-corrected chi connectivity index (χ3v) is 9.88. The van der Waals surface area contributed by atoms with Gasteiger partial charge >= 0.3 is 0 Å². The second-order valence-electron chi connectivity index (χ2n) is 12.5. The van der Waals surface area contributed by atoms with Crippen molar-refractivity contribution in [2.24, 2.45) is 29.1 Å². The van der Waals surface area contributed by atoms with Gasteiger partial charge in [-0.15, -0.1) is 0 Å². The van der Waals surface area contributed by atoms with Crippen LogP contribution >= 0.6 is 0 Å². The lowest BCUT2D eigenvalue weighted by Gasteiger charge is -2.60. The first-order valence-electron chi connectivity index (χ1n) is 14.7. The number of methoxy groups -OCH3 is 1. The summed E-state index contributed by atoms with van der Waals surface area (Å²) in [5.41, 5.74) is 1.67. The highest BCUT2D eigenvalue weighted by atomic mass is 16.5. The van der Waals surface area contributed by atoms with Crippen LogP contribution in [0.2, 0.25) is 0 Å². The predicted octanol–water partition coefficient (Wildman–Crippen LogP) is 4.11. The van der Waals surface area contributed by atoms with Crippen LogP contribution in [-0.2, 0) is 6.54 Å². The minimum atomic E-state index is -0.0808. The first-order chi connectivity index (χ1) is 19.0. The molecule has 4 N–H and O–H groups in total. The van der Waals surface area contributed by atoms with E-state index in [1.54, 1.807) is 19.5 Å². The fourth-order valence-corrected chi connectivity index (χ4v) is 8.27. The van der Waals surface area contributed by atoms with Gasteiger partial charge in [-0.2, -0.15) is 10.2 Å². The quantitative estimate of drug-likeness (QED) is 0.358. The molecule has 2 atom stereocenters. The lowest BCUT2D eigenvalue weighted by Crippen LogP contribution is -2.60. The van der Waals surface area contributed by atoms with Crippen LogP contribution in [0, 0.1) is 40.4 Å². The number of nitriles is 1. The molecule has 5 aliphatic carbocycles. The Kier molecular flexibility index (Phi) is 7.59. The molecule has 0 aromatic carbocycles. The number of nitrogens with one attached hydrogen (secondary N) is 3. The lowest BCUT2D eigenvalue weighted by atomic mass is 9.48. The smallest absolute Gasteiger partial charge is 0.224 e. The SMILES string of the molecule is COc1ncccc1CNc1ncc(C#N)c(NCC23CC4CC(C2)C(NCC2CCC(O)CC2)C(C4)C3)n1. The third-order valence-electron chi connectivity index (χ3n) is 9.88. The van der Waals surface area contributed by atoms with Gasteiger partial charge in [-0.05, 0) is 99.5 Å². The van der Waals surface area contributed by atoms with E-state index >= 15 is 0 Å². The van der Waals surface area contributed by atoms with E-state index in [4.69, 9.17) is 4.74 Å². The molecule has 2 unspecified atom stereocenters. The molecule has 0 saturated heterocycles. The van der Waals surface area contributed by atoms with Crippen molar-refractivity contribution >= 4 is 11.8 Å². The number of nitrogens with zero attached hydrogens (tertiary/aromatic N) is 4. The molecule has 9 nitrogen and oxygen atoms in total. The molecule has 2 aromatic heterocycles. The molecular weight excluding hydrogens is 490 g/mol. The van der Waals surface area contributed by atoms with Gasteiger partial charge < -0.3 is 25.8 Å². The van der Waals surface area contributed by atoms with Crippen LogP contribution in [-0.4, -0.2) is 52.4 Å². The summed E-state index contributed by atoms with van der Waals surface area (Å²) in [5.74, 6) is 4.67. The van der Waals surface area contributed by atoms with Gasteiger partial charge in [0.25, 0.3) is 0 Å². The number of aromatic nitrogens is 3. The van der Waals surface area contributed by atoms with Crippen molar-refractivity contribution in [3.63, 3.8) is 0 Å². The Balaban J connectivity index is 1.08. The number of anilines is 2. The summed E-state index contributed by atoms with van der Waals surface area (Å²) in [6, 6.07) is 6.72. The van der Waals surface area contributed by atoms with E-state index in [0.717, 1.165) is 62.1 Å². The molecule has 0 spiro atoms. The van der Waals surface area contributed by atoms with Gasteiger partial charge in [-0.1, -0.05) is 6.07 Å². The Labute approximate surface area is 231 Å². The zero-order valence-corrected chi connectivity index (χ0v) is 22.9. The third kappa shape index (κ3) is 5.68. The maximum atomic E-state index is 9.85. The van der Waals surface area contributed by atoms with Crippen molar-refractivity contribution in [1.29, 1.82) is 5.26 Å². The van der Waals surface area contributed by atoms with E-state index in [-0.39, 0.29) is 11.5 Å². The van der Waals surface area contributed by atoms with Gasteiger partial charge in [0.2, 0.25) is 11.8 Å². The van der Waals surface area contributed by atoms with Gasteiger partial charge in [0.1, 0.15) is 17.5 Å². The molecule has 0 aliphatic heterocycles. The molecule has 5 aliphatic rings. The Morgan fingerprint density at radius 2 is 1.90 bits per heavy atom. The normalized spacial score (nSPS) is 32.9. The van der Waals surface area contributed by atoms with Crippen molar-refractivity contribution in [2.75, 3.05) is 30.8 Å². The topological polar surface area (TPSA) is 128 Å². The second-order valence-corrected chi connectivity index (χ2v) is 12.5. The molecule has 5 saturated carbocycles. The van der Waals surface area contributed by atoms with Gasteiger partial charge in [0.05, 0.1) is 19.4 Å². The van der Waals surface area contributed by atoms with Crippen LogP contribution < -0.4 is 20.7 Å². The summed E-state index contributed by atoms with van der Waals surface area (Å²) < 4.78 is 5.35. The Hall–Kier alpha value is -2.96. The van der Waals surface area contributed by atoms with Crippen LogP contribution in [0.3, 0.4) is 0 Å². The zero-order valence-electron chi connectivity index (χ0n) is 22.9. The molecule has 0 radical (unpaired) electrons. The average Bonchev–Trinajstić information content (AvgIpc) is 2.95. The molecule has 2 aromatic rings. The standard InChI is InChI=1S/C30H41N7O2/c1-39-28-21(3-2-8-32-28)16-34-29-35-17-24(14-31)27(37-29)36-18-30-11-20-9-22(12-30)26(23(10-20)13-30)33-15-19-4-6-25(38)7-5-19/h2-3,8,17,19-20,22-23,25-26,33,38H,4-7,9-13,15-16,18H2,1H3,(H2,34,35,36,37). The Bertz CT molecular complexity index is 1180. The molecule has 2 heterocycles. The minimum absolute atomic E-state index is 0.0808. The van der Waals surface area contributed by atoms with Crippen LogP contribution in [0.1, 0.15) is 68.9 Å². The van der Waals surface area contributed by atoms with Gasteiger partial charge in [-0.3, -0.25) is 0 Å². The summed E-state index contributed by atoms with van der Waals surface area (Å²) >= 11 is 0. The van der Waals surface area contributed by atoms with Crippen molar-refractivity contribution in [1.82, 2.24) is 20.3 Å².